The molecule has 3 nitrogen and oxygen atoms in total. The van der Waals surface area contributed by atoms with E-state index < -0.39 is 0 Å². The summed E-state index contributed by atoms with van der Waals surface area (Å²) >= 11 is 6.06. The lowest BCUT2D eigenvalue weighted by Gasteiger charge is -2.28. The maximum Gasteiger partial charge on any atom is 0.254 e. The number of halogens is 1. The zero-order chi connectivity index (χ0) is 14.7. The molecule has 0 aliphatic heterocycles. The third-order valence-corrected chi connectivity index (χ3v) is 4.21. The molecule has 110 valence electrons. The van der Waals surface area contributed by atoms with Crippen LogP contribution in [-0.2, 0) is 0 Å². The van der Waals surface area contributed by atoms with Crippen molar-refractivity contribution in [3.05, 3.63) is 28.5 Å². The highest BCUT2D eigenvalue weighted by atomic mass is 35.5. The number of hydrogen-bond donors (Lipinski definition) is 0. The standard InChI is InChI=1S/C16H23ClN2O/c1-4-19(13-7-5-6-8-13)16(20)12-9-14(11(2)3)18-15(17)10-12/h9-11,13H,4-8H2,1-3H3. The molecule has 20 heavy (non-hydrogen) atoms. The van der Waals surface area contributed by atoms with Gasteiger partial charge in [-0.15, -0.1) is 0 Å². The van der Waals surface area contributed by atoms with Crippen molar-refractivity contribution < 1.29 is 4.79 Å². The average molecular weight is 295 g/mol. The van der Waals surface area contributed by atoms with Gasteiger partial charge in [0.15, 0.2) is 0 Å². The normalized spacial score (nSPS) is 15.8. The van der Waals surface area contributed by atoms with Crippen LogP contribution in [0, 0.1) is 0 Å². The summed E-state index contributed by atoms with van der Waals surface area (Å²) in [5.74, 6) is 0.354. The van der Waals surface area contributed by atoms with Gasteiger partial charge in [-0.25, -0.2) is 4.98 Å². The average Bonchev–Trinajstić information content (AvgIpc) is 2.92. The fourth-order valence-electron chi connectivity index (χ4n) is 2.89. The Bertz CT molecular complexity index is 481. The summed E-state index contributed by atoms with van der Waals surface area (Å²) in [7, 11) is 0. The van der Waals surface area contributed by atoms with E-state index in [1.807, 2.05) is 17.9 Å². The van der Waals surface area contributed by atoms with Crippen molar-refractivity contribution >= 4 is 17.5 Å². The number of carbonyl (C=O) groups is 1. The maximum absolute atomic E-state index is 12.7. The molecule has 0 saturated heterocycles. The van der Waals surface area contributed by atoms with Gasteiger partial charge in [-0.05, 0) is 37.8 Å². The molecular weight excluding hydrogens is 272 g/mol. The molecule has 1 aliphatic carbocycles. The summed E-state index contributed by atoms with van der Waals surface area (Å²) in [6.45, 7) is 6.91. The number of aromatic nitrogens is 1. The first-order valence-electron chi connectivity index (χ1n) is 7.51. The van der Waals surface area contributed by atoms with Gasteiger partial charge >= 0.3 is 0 Å². The van der Waals surface area contributed by atoms with Crippen molar-refractivity contribution in [2.45, 2.75) is 58.4 Å². The molecule has 1 saturated carbocycles. The number of pyridine rings is 1. The molecule has 0 spiro atoms. The second kappa shape index (κ2) is 6.57. The summed E-state index contributed by atoms with van der Waals surface area (Å²) in [5.41, 5.74) is 1.55. The van der Waals surface area contributed by atoms with Gasteiger partial charge < -0.3 is 4.90 Å². The molecular formula is C16H23ClN2O. The molecule has 0 unspecified atom stereocenters. The van der Waals surface area contributed by atoms with Crippen LogP contribution in [0.3, 0.4) is 0 Å². The zero-order valence-electron chi connectivity index (χ0n) is 12.5. The first-order chi connectivity index (χ1) is 9.52. The molecule has 1 fully saturated rings. The zero-order valence-corrected chi connectivity index (χ0v) is 13.3. The molecule has 1 aromatic heterocycles. The van der Waals surface area contributed by atoms with Gasteiger partial charge in [0.2, 0.25) is 0 Å². The van der Waals surface area contributed by atoms with E-state index in [0.717, 1.165) is 25.1 Å². The van der Waals surface area contributed by atoms with Crippen molar-refractivity contribution in [3.8, 4) is 0 Å². The van der Waals surface area contributed by atoms with Crippen molar-refractivity contribution in [1.29, 1.82) is 0 Å². The summed E-state index contributed by atoms with van der Waals surface area (Å²) < 4.78 is 0. The lowest BCUT2D eigenvalue weighted by atomic mass is 10.1. The minimum absolute atomic E-state index is 0.0885. The molecule has 0 bridgehead atoms. The Balaban J connectivity index is 2.26. The fourth-order valence-corrected chi connectivity index (χ4v) is 3.10. The van der Waals surface area contributed by atoms with Crippen molar-refractivity contribution in [2.75, 3.05) is 6.54 Å². The van der Waals surface area contributed by atoms with Crippen LogP contribution < -0.4 is 0 Å². The molecule has 1 amide bonds. The Kier molecular flexibility index (Phi) is 5.03. The van der Waals surface area contributed by atoms with E-state index in [9.17, 15) is 4.79 Å². The van der Waals surface area contributed by atoms with E-state index in [0.29, 0.717) is 16.8 Å². The number of rotatable bonds is 4. The fraction of sp³-hybridized carbons (Fsp3) is 0.625. The number of hydrogen-bond acceptors (Lipinski definition) is 2. The van der Waals surface area contributed by atoms with Crippen LogP contribution in [-0.4, -0.2) is 28.4 Å². The Morgan fingerprint density at radius 2 is 2.05 bits per heavy atom. The quantitative estimate of drug-likeness (QED) is 0.777. The Morgan fingerprint density at radius 3 is 2.60 bits per heavy atom. The maximum atomic E-state index is 12.7. The van der Waals surface area contributed by atoms with Crippen molar-refractivity contribution in [3.63, 3.8) is 0 Å². The van der Waals surface area contributed by atoms with E-state index in [1.165, 1.54) is 12.8 Å². The van der Waals surface area contributed by atoms with Gasteiger partial charge in [-0.2, -0.15) is 0 Å². The highest BCUT2D eigenvalue weighted by molar-refractivity contribution is 6.29. The second-order valence-corrected chi connectivity index (χ2v) is 6.17. The van der Waals surface area contributed by atoms with E-state index in [4.69, 9.17) is 11.6 Å². The molecule has 0 N–H and O–H groups in total. The number of carbonyl (C=O) groups excluding carboxylic acids is 1. The molecule has 0 atom stereocenters. The van der Waals surface area contributed by atoms with Gasteiger partial charge in [0.25, 0.3) is 5.91 Å². The van der Waals surface area contributed by atoms with E-state index in [1.54, 1.807) is 6.07 Å². The predicted octanol–water partition coefficient (Wildman–Crippen LogP) is 4.26. The highest BCUT2D eigenvalue weighted by Gasteiger charge is 2.26. The summed E-state index contributed by atoms with van der Waals surface area (Å²) in [6.07, 6.45) is 4.69. The molecule has 0 radical (unpaired) electrons. The van der Waals surface area contributed by atoms with Gasteiger partial charge in [-0.1, -0.05) is 38.3 Å². The largest absolute Gasteiger partial charge is 0.336 e. The summed E-state index contributed by atoms with van der Waals surface area (Å²) in [5, 5.41) is 0.405. The van der Waals surface area contributed by atoms with Gasteiger partial charge in [0.05, 0.1) is 0 Å². The van der Waals surface area contributed by atoms with Crippen molar-refractivity contribution in [1.82, 2.24) is 9.88 Å². The minimum Gasteiger partial charge on any atom is -0.336 e. The smallest absolute Gasteiger partial charge is 0.254 e. The Labute approximate surface area is 126 Å². The van der Waals surface area contributed by atoms with E-state index in [2.05, 4.69) is 18.8 Å². The first-order valence-corrected chi connectivity index (χ1v) is 7.89. The SMILES string of the molecule is CCN(C(=O)c1cc(Cl)nc(C(C)C)c1)C1CCCC1. The molecule has 1 aliphatic rings. The van der Waals surface area contributed by atoms with E-state index in [-0.39, 0.29) is 11.8 Å². The monoisotopic (exact) mass is 294 g/mol. The van der Waals surface area contributed by atoms with Crippen LogP contribution in [0.2, 0.25) is 5.15 Å². The first kappa shape index (κ1) is 15.3. The summed E-state index contributed by atoms with van der Waals surface area (Å²) in [6, 6.07) is 3.96. The van der Waals surface area contributed by atoms with Gasteiger partial charge in [0, 0.05) is 23.8 Å². The van der Waals surface area contributed by atoms with Crippen LogP contribution in [0.5, 0.6) is 0 Å². The van der Waals surface area contributed by atoms with Crippen LogP contribution >= 0.6 is 11.6 Å². The van der Waals surface area contributed by atoms with Crippen molar-refractivity contribution in [2.24, 2.45) is 0 Å². The third kappa shape index (κ3) is 3.32. The summed E-state index contributed by atoms with van der Waals surface area (Å²) in [4.78, 5) is 19.0. The lowest BCUT2D eigenvalue weighted by Crippen LogP contribution is -2.38. The van der Waals surface area contributed by atoms with Gasteiger partial charge in [0.1, 0.15) is 5.15 Å². The molecule has 4 heteroatoms. The lowest BCUT2D eigenvalue weighted by molar-refractivity contribution is 0.0693. The van der Waals surface area contributed by atoms with Gasteiger partial charge in [-0.3, -0.25) is 4.79 Å². The predicted molar refractivity (Wildman–Crippen MR) is 82.3 cm³/mol. The van der Waals surface area contributed by atoms with Crippen LogP contribution in [0.25, 0.3) is 0 Å². The molecule has 1 heterocycles. The topological polar surface area (TPSA) is 33.2 Å². The number of nitrogens with zero attached hydrogens (tertiary/aromatic N) is 2. The molecule has 1 aromatic rings. The Hall–Kier alpha value is -1.09. The minimum atomic E-state index is 0.0885. The van der Waals surface area contributed by atoms with E-state index >= 15 is 0 Å². The molecule has 0 aromatic carbocycles. The van der Waals surface area contributed by atoms with Crippen LogP contribution in [0.1, 0.15) is 68.4 Å². The second-order valence-electron chi connectivity index (χ2n) is 5.79. The Morgan fingerprint density at radius 1 is 1.40 bits per heavy atom. The van der Waals surface area contributed by atoms with Crippen LogP contribution in [0.4, 0.5) is 0 Å². The highest BCUT2D eigenvalue weighted by Crippen LogP contribution is 2.26. The van der Waals surface area contributed by atoms with Crippen LogP contribution in [0.15, 0.2) is 12.1 Å². The molecule has 2 rings (SSSR count). The number of amides is 1. The third-order valence-electron chi connectivity index (χ3n) is 4.02.